The van der Waals surface area contributed by atoms with Crippen molar-refractivity contribution < 1.29 is 4.79 Å². The van der Waals surface area contributed by atoms with Crippen molar-refractivity contribution in [1.29, 1.82) is 0 Å². The molecule has 4 rings (SSSR count). The molecule has 1 atom stereocenters. The SMILES string of the molecule is O=C(C1CCCC1)N1CCC[C@@H](Cn2nnc(-c3cnccn3)n2)C1. The van der Waals surface area contributed by atoms with E-state index in [0.717, 1.165) is 38.8 Å². The number of piperidine rings is 1. The minimum Gasteiger partial charge on any atom is -0.342 e. The van der Waals surface area contributed by atoms with Crippen molar-refractivity contribution in [2.24, 2.45) is 11.8 Å². The van der Waals surface area contributed by atoms with Crippen LogP contribution in [0.3, 0.4) is 0 Å². The van der Waals surface area contributed by atoms with Crippen LogP contribution in [0.2, 0.25) is 0 Å². The van der Waals surface area contributed by atoms with Crippen LogP contribution in [0.25, 0.3) is 11.5 Å². The Morgan fingerprint density at radius 3 is 2.84 bits per heavy atom. The van der Waals surface area contributed by atoms with E-state index in [-0.39, 0.29) is 5.92 Å². The van der Waals surface area contributed by atoms with Gasteiger partial charge in [-0.2, -0.15) is 4.80 Å². The highest BCUT2D eigenvalue weighted by atomic mass is 16.2. The third-order valence-electron chi connectivity index (χ3n) is 5.20. The van der Waals surface area contributed by atoms with E-state index in [2.05, 4.69) is 30.3 Å². The summed E-state index contributed by atoms with van der Waals surface area (Å²) in [4.78, 5) is 24.6. The molecule has 1 aliphatic carbocycles. The lowest BCUT2D eigenvalue weighted by Gasteiger charge is -2.34. The molecule has 8 nitrogen and oxygen atoms in total. The number of amides is 1. The first-order chi connectivity index (χ1) is 12.3. The Kier molecular flexibility index (Phi) is 4.67. The Morgan fingerprint density at radius 1 is 1.16 bits per heavy atom. The fraction of sp³-hybridized carbons (Fsp3) is 0.647. The van der Waals surface area contributed by atoms with Crippen LogP contribution < -0.4 is 0 Å². The molecule has 0 aromatic carbocycles. The van der Waals surface area contributed by atoms with Gasteiger partial charge in [-0.05, 0) is 36.8 Å². The average Bonchev–Trinajstić information content (AvgIpc) is 3.34. The number of hydrogen-bond donors (Lipinski definition) is 0. The Labute approximate surface area is 146 Å². The Hall–Kier alpha value is -2.38. The standard InChI is InChI=1S/C17H23N7O/c25-17(14-5-1-2-6-14)23-9-3-4-13(11-23)12-24-21-16(20-22-24)15-10-18-7-8-19-15/h7-8,10,13-14H,1-6,9,11-12H2/t13-/m1/s1. The van der Waals surface area contributed by atoms with Crippen molar-refractivity contribution in [2.75, 3.05) is 13.1 Å². The molecular formula is C17H23N7O. The minimum absolute atomic E-state index is 0.256. The normalized spacial score (nSPS) is 21.6. The largest absolute Gasteiger partial charge is 0.342 e. The highest BCUT2D eigenvalue weighted by Gasteiger charge is 2.31. The zero-order valence-electron chi connectivity index (χ0n) is 14.3. The van der Waals surface area contributed by atoms with Crippen LogP contribution in [0.15, 0.2) is 18.6 Å². The molecule has 1 amide bonds. The number of rotatable bonds is 4. The second-order valence-corrected chi connectivity index (χ2v) is 7.03. The van der Waals surface area contributed by atoms with Crippen molar-refractivity contribution in [1.82, 2.24) is 35.1 Å². The van der Waals surface area contributed by atoms with E-state index in [9.17, 15) is 4.79 Å². The maximum atomic E-state index is 12.6. The second kappa shape index (κ2) is 7.25. The maximum absolute atomic E-state index is 12.6. The molecule has 0 N–H and O–H groups in total. The van der Waals surface area contributed by atoms with Gasteiger partial charge in [-0.1, -0.05) is 12.8 Å². The molecule has 2 aromatic heterocycles. The Balaban J connectivity index is 1.37. The van der Waals surface area contributed by atoms with E-state index >= 15 is 0 Å². The molecule has 2 aliphatic rings. The minimum atomic E-state index is 0.256. The number of carbonyl (C=O) groups is 1. The first kappa shape index (κ1) is 16.1. The summed E-state index contributed by atoms with van der Waals surface area (Å²) in [5.74, 6) is 1.48. The van der Waals surface area contributed by atoms with Crippen LogP contribution in [0.4, 0.5) is 0 Å². The van der Waals surface area contributed by atoms with E-state index in [4.69, 9.17) is 0 Å². The zero-order valence-corrected chi connectivity index (χ0v) is 14.3. The molecule has 25 heavy (non-hydrogen) atoms. The van der Waals surface area contributed by atoms with Gasteiger partial charge in [0.1, 0.15) is 5.69 Å². The number of aromatic nitrogens is 6. The summed E-state index contributed by atoms with van der Waals surface area (Å²) in [5, 5.41) is 12.6. The van der Waals surface area contributed by atoms with E-state index in [1.807, 2.05) is 0 Å². The van der Waals surface area contributed by atoms with Crippen molar-refractivity contribution in [3.63, 3.8) is 0 Å². The monoisotopic (exact) mass is 341 g/mol. The molecule has 132 valence electrons. The van der Waals surface area contributed by atoms with Gasteiger partial charge >= 0.3 is 0 Å². The van der Waals surface area contributed by atoms with Gasteiger partial charge in [0, 0.05) is 31.4 Å². The average molecular weight is 341 g/mol. The van der Waals surface area contributed by atoms with Gasteiger partial charge in [0.05, 0.1) is 12.7 Å². The molecule has 2 fully saturated rings. The fourth-order valence-electron chi connectivity index (χ4n) is 3.91. The van der Waals surface area contributed by atoms with Crippen molar-refractivity contribution in [2.45, 2.75) is 45.1 Å². The van der Waals surface area contributed by atoms with Crippen molar-refractivity contribution in [3.8, 4) is 11.5 Å². The first-order valence-corrected chi connectivity index (χ1v) is 9.12. The van der Waals surface area contributed by atoms with Crippen LogP contribution in [0.1, 0.15) is 38.5 Å². The highest BCUT2D eigenvalue weighted by molar-refractivity contribution is 5.79. The van der Waals surface area contributed by atoms with Gasteiger partial charge in [-0.15, -0.1) is 10.2 Å². The quantitative estimate of drug-likeness (QED) is 0.838. The molecule has 8 heteroatoms. The van der Waals surface area contributed by atoms with Crippen molar-refractivity contribution >= 4 is 5.91 Å². The predicted octanol–water partition coefficient (Wildman–Crippen LogP) is 1.56. The molecule has 0 bridgehead atoms. The summed E-state index contributed by atoms with van der Waals surface area (Å²) in [6.45, 7) is 2.38. The first-order valence-electron chi connectivity index (χ1n) is 9.12. The van der Waals surface area contributed by atoms with E-state index in [0.29, 0.717) is 29.9 Å². The molecule has 3 heterocycles. The molecule has 0 unspecified atom stereocenters. The lowest BCUT2D eigenvalue weighted by atomic mass is 9.96. The maximum Gasteiger partial charge on any atom is 0.225 e. The fourth-order valence-corrected chi connectivity index (χ4v) is 3.91. The summed E-state index contributed by atoms with van der Waals surface area (Å²) in [6.07, 6.45) is 11.5. The van der Waals surface area contributed by atoms with Crippen LogP contribution in [-0.2, 0) is 11.3 Å². The van der Waals surface area contributed by atoms with E-state index in [1.54, 1.807) is 23.4 Å². The highest BCUT2D eigenvalue weighted by Crippen LogP contribution is 2.28. The molecule has 0 spiro atoms. The number of likely N-dealkylation sites (tertiary alicyclic amines) is 1. The smallest absolute Gasteiger partial charge is 0.225 e. The third-order valence-corrected chi connectivity index (χ3v) is 5.20. The van der Waals surface area contributed by atoms with Crippen LogP contribution >= 0.6 is 0 Å². The summed E-state index contributed by atoms with van der Waals surface area (Å²) >= 11 is 0. The van der Waals surface area contributed by atoms with Gasteiger partial charge in [-0.3, -0.25) is 9.78 Å². The number of tetrazole rings is 1. The number of hydrogen-bond acceptors (Lipinski definition) is 6. The molecule has 1 saturated heterocycles. The molecule has 1 saturated carbocycles. The van der Waals surface area contributed by atoms with Crippen molar-refractivity contribution in [3.05, 3.63) is 18.6 Å². The number of nitrogens with zero attached hydrogens (tertiary/aromatic N) is 7. The molecule has 0 radical (unpaired) electrons. The Bertz CT molecular complexity index is 711. The summed E-state index contributed by atoms with van der Waals surface area (Å²) in [5.41, 5.74) is 0.621. The zero-order chi connectivity index (χ0) is 17.1. The van der Waals surface area contributed by atoms with Gasteiger partial charge in [0.15, 0.2) is 0 Å². The predicted molar refractivity (Wildman–Crippen MR) is 90.1 cm³/mol. The molecule has 1 aliphatic heterocycles. The topological polar surface area (TPSA) is 89.7 Å². The van der Waals surface area contributed by atoms with E-state index in [1.165, 1.54) is 12.8 Å². The Morgan fingerprint density at radius 2 is 2.04 bits per heavy atom. The molecular weight excluding hydrogens is 318 g/mol. The third kappa shape index (κ3) is 3.67. The van der Waals surface area contributed by atoms with Crippen LogP contribution in [0, 0.1) is 11.8 Å². The van der Waals surface area contributed by atoms with Crippen LogP contribution in [0.5, 0.6) is 0 Å². The van der Waals surface area contributed by atoms with Gasteiger partial charge in [-0.25, -0.2) is 4.98 Å². The number of carbonyl (C=O) groups excluding carboxylic acids is 1. The van der Waals surface area contributed by atoms with Crippen LogP contribution in [-0.4, -0.2) is 54.1 Å². The lowest BCUT2D eigenvalue weighted by molar-refractivity contribution is -0.137. The summed E-state index contributed by atoms with van der Waals surface area (Å²) in [6, 6.07) is 0. The summed E-state index contributed by atoms with van der Waals surface area (Å²) < 4.78 is 0. The molecule has 2 aromatic rings. The van der Waals surface area contributed by atoms with E-state index < -0.39 is 0 Å². The lowest BCUT2D eigenvalue weighted by Crippen LogP contribution is -2.43. The second-order valence-electron chi connectivity index (χ2n) is 7.03. The summed E-state index contributed by atoms with van der Waals surface area (Å²) in [7, 11) is 0. The van der Waals surface area contributed by atoms with Gasteiger partial charge in [0.25, 0.3) is 0 Å². The van der Waals surface area contributed by atoms with Gasteiger partial charge in [0.2, 0.25) is 11.7 Å². The van der Waals surface area contributed by atoms with Gasteiger partial charge < -0.3 is 4.90 Å².